The summed E-state index contributed by atoms with van der Waals surface area (Å²) in [5.74, 6) is 0.709. The van der Waals surface area contributed by atoms with Crippen LogP contribution in [0.4, 0.5) is 0 Å². The molecule has 0 saturated carbocycles. The van der Waals surface area contributed by atoms with Crippen molar-refractivity contribution in [3.63, 3.8) is 0 Å². The van der Waals surface area contributed by atoms with Crippen molar-refractivity contribution in [2.45, 2.75) is 18.2 Å². The zero-order valence-electron chi connectivity index (χ0n) is 10.3. The standard InChI is InChI=1S/C15H15NOS/c1-12-5-4-7-15(9-12)18-11-14(17)10-13-6-2-3-8-16-13/h2-9H,10-11H2,1H3. The van der Waals surface area contributed by atoms with E-state index in [4.69, 9.17) is 0 Å². The van der Waals surface area contributed by atoms with E-state index in [1.165, 1.54) is 5.56 Å². The molecule has 2 aromatic rings. The minimum Gasteiger partial charge on any atom is -0.298 e. The molecular weight excluding hydrogens is 242 g/mol. The number of pyridine rings is 1. The summed E-state index contributed by atoms with van der Waals surface area (Å²) in [5.41, 5.74) is 2.06. The summed E-state index contributed by atoms with van der Waals surface area (Å²) in [4.78, 5) is 17.1. The minimum atomic E-state index is 0.209. The van der Waals surface area contributed by atoms with E-state index in [1.807, 2.05) is 30.3 Å². The molecule has 0 bridgehead atoms. The molecule has 18 heavy (non-hydrogen) atoms. The molecule has 0 fully saturated rings. The summed E-state index contributed by atoms with van der Waals surface area (Å²) in [7, 11) is 0. The largest absolute Gasteiger partial charge is 0.298 e. The quantitative estimate of drug-likeness (QED) is 0.770. The van der Waals surface area contributed by atoms with Crippen LogP contribution in [0.5, 0.6) is 0 Å². The Balaban J connectivity index is 1.85. The number of ketones is 1. The number of nitrogens with zero attached hydrogens (tertiary/aromatic N) is 1. The van der Waals surface area contributed by atoms with Gasteiger partial charge in [-0.2, -0.15) is 0 Å². The van der Waals surface area contributed by atoms with Crippen molar-refractivity contribution in [1.29, 1.82) is 0 Å². The topological polar surface area (TPSA) is 30.0 Å². The zero-order chi connectivity index (χ0) is 12.8. The van der Waals surface area contributed by atoms with E-state index in [2.05, 4.69) is 24.0 Å². The van der Waals surface area contributed by atoms with Gasteiger partial charge in [-0.05, 0) is 31.2 Å². The van der Waals surface area contributed by atoms with Gasteiger partial charge < -0.3 is 0 Å². The second-order valence-electron chi connectivity index (χ2n) is 4.14. The number of benzene rings is 1. The Labute approximate surface area is 111 Å². The molecule has 0 aliphatic carbocycles. The fourth-order valence-corrected chi connectivity index (χ4v) is 2.50. The van der Waals surface area contributed by atoms with Crippen molar-refractivity contribution in [3.8, 4) is 0 Å². The highest BCUT2D eigenvalue weighted by Gasteiger charge is 2.05. The van der Waals surface area contributed by atoms with Gasteiger partial charge in [-0.1, -0.05) is 23.8 Å². The summed E-state index contributed by atoms with van der Waals surface area (Å²) in [6, 6.07) is 13.8. The third kappa shape index (κ3) is 4.00. The number of aromatic nitrogens is 1. The third-order valence-electron chi connectivity index (χ3n) is 2.49. The van der Waals surface area contributed by atoms with Crippen LogP contribution in [0.15, 0.2) is 53.6 Å². The number of hydrogen-bond donors (Lipinski definition) is 0. The van der Waals surface area contributed by atoms with Crippen LogP contribution in [0.25, 0.3) is 0 Å². The van der Waals surface area contributed by atoms with Crippen LogP contribution in [0.3, 0.4) is 0 Å². The van der Waals surface area contributed by atoms with Gasteiger partial charge >= 0.3 is 0 Å². The maximum Gasteiger partial charge on any atom is 0.149 e. The first-order chi connectivity index (χ1) is 8.74. The van der Waals surface area contributed by atoms with E-state index < -0.39 is 0 Å². The first kappa shape index (κ1) is 12.8. The minimum absolute atomic E-state index is 0.209. The molecule has 0 N–H and O–H groups in total. The Hall–Kier alpha value is -1.61. The lowest BCUT2D eigenvalue weighted by molar-refractivity contribution is -0.116. The molecule has 2 nitrogen and oxygen atoms in total. The van der Waals surface area contributed by atoms with Crippen LogP contribution in [-0.4, -0.2) is 16.5 Å². The molecule has 0 atom stereocenters. The summed E-state index contributed by atoms with van der Waals surface area (Å²) in [6.45, 7) is 2.06. The highest BCUT2D eigenvalue weighted by Crippen LogP contribution is 2.19. The first-order valence-corrected chi connectivity index (χ1v) is 6.84. The number of Topliss-reactive ketones (excluding diaryl/α,β-unsaturated/α-hetero) is 1. The van der Waals surface area contributed by atoms with E-state index in [0.29, 0.717) is 12.2 Å². The van der Waals surface area contributed by atoms with Crippen molar-refractivity contribution in [2.75, 3.05) is 5.75 Å². The van der Waals surface area contributed by atoms with Gasteiger partial charge in [-0.25, -0.2) is 0 Å². The molecule has 92 valence electrons. The number of thioether (sulfide) groups is 1. The molecule has 0 aliphatic heterocycles. The highest BCUT2D eigenvalue weighted by molar-refractivity contribution is 8.00. The van der Waals surface area contributed by atoms with Crippen LogP contribution in [-0.2, 0) is 11.2 Å². The van der Waals surface area contributed by atoms with Crippen LogP contribution < -0.4 is 0 Å². The van der Waals surface area contributed by atoms with Gasteiger partial charge in [0.2, 0.25) is 0 Å². The summed E-state index contributed by atoms with van der Waals surface area (Å²) >= 11 is 1.58. The molecule has 1 heterocycles. The van der Waals surface area contributed by atoms with E-state index in [1.54, 1.807) is 18.0 Å². The summed E-state index contributed by atoms with van der Waals surface area (Å²) < 4.78 is 0. The summed E-state index contributed by atoms with van der Waals surface area (Å²) in [6.07, 6.45) is 2.13. The lowest BCUT2D eigenvalue weighted by Gasteiger charge is -2.02. The predicted octanol–water partition coefficient (Wildman–Crippen LogP) is 3.29. The Kier molecular flexibility index (Phi) is 4.53. The lowest BCUT2D eigenvalue weighted by atomic mass is 10.2. The number of carbonyl (C=O) groups is 1. The van der Waals surface area contributed by atoms with Gasteiger partial charge in [0.1, 0.15) is 5.78 Å². The SMILES string of the molecule is Cc1cccc(SCC(=O)Cc2ccccn2)c1. The van der Waals surface area contributed by atoms with Crippen molar-refractivity contribution < 1.29 is 4.79 Å². The van der Waals surface area contributed by atoms with Gasteiger partial charge in [0.25, 0.3) is 0 Å². The molecule has 0 unspecified atom stereocenters. The van der Waals surface area contributed by atoms with Gasteiger partial charge in [0, 0.05) is 23.2 Å². The smallest absolute Gasteiger partial charge is 0.149 e. The number of carbonyl (C=O) groups excluding carboxylic acids is 1. The van der Waals surface area contributed by atoms with Crippen molar-refractivity contribution >= 4 is 17.5 Å². The second-order valence-corrected chi connectivity index (χ2v) is 5.19. The fraction of sp³-hybridized carbons (Fsp3) is 0.200. The van der Waals surface area contributed by atoms with E-state index in [0.717, 1.165) is 10.6 Å². The van der Waals surface area contributed by atoms with Gasteiger partial charge in [-0.15, -0.1) is 11.8 Å². The zero-order valence-corrected chi connectivity index (χ0v) is 11.1. The van der Waals surface area contributed by atoms with Crippen LogP contribution in [0.2, 0.25) is 0 Å². The first-order valence-electron chi connectivity index (χ1n) is 5.85. The third-order valence-corrected chi connectivity index (χ3v) is 3.55. The molecule has 0 saturated heterocycles. The average molecular weight is 257 g/mol. The average Bonchev–Trinajstić information content (AvgIpc) is 2.38. The molecule has 1 aromatic heterocycles. The van der Waals surface area contributed by atoms with Crippen molar-refractivity contribution in [2.24, 2.45) is 0 Å². The molecule has 2 rings (SSSR count). The van der Waals surface area contributed by atoms with Crippen molar-refractivity contribution in [1.82, 2.24) is 4.98 Å². The fourth-order valence-electron chi connectivity index (χ4n) is 1.62. The molecule has 0 spiro atoms. The van der Waals surface area contributed by atoms with Crippen molar-refractivity contribution in [3.05, 3.63) is 59.9 Å². The Morgan fingerprint density at radius 1 is 1.22 bits per heavy atom. The number of aryl methyl sites for hydroxylation is 1. The Morgan fingerprint density at radius 3 is 2.83 bits per heavy atom. The van der Waals surface area contributed by atoms with Gasteiger partial charge in [-0.3, -0.25) is 9.78 Å². The van der Waals surface area contributed by atoms with E-state index in [9.17, 15) is 4.79 Å². The van der Waals surface area contributed by atoms with Crippen LogP contribution >= 0.6 is 11.8 Å². The molecule has 0 radical (unpaired) electrons. The van der Waals surface area contributed by atoms with Crippen LogP contribution in [0, 0.1) is 6.92 Å². The highest BCUT2D eigenvalue weighted by atomic mass is 32.2. The lowest BCUT2D eigenvalue weighted by Crippen LogP contribution is -2.06. The maximum absolute atomic E-state index is 11.8. The van der Waals surface area contributed by atoms with Gasteiger partial charge in [0.15, 0.2) is 0 Å². The van der Waals surface area contributed by atoms with E-state index >= 15 is 0 Å². The monoisotopic (exact) mass is 257 g/mol. The number of rotatable bonds is 5. The van der Waals surface area contributed by atoms with E-state index in [-0.39, 0.29) is 5.78 Å². The second kappa shape index (κ2) is 6.36. The Bertz CT molecular complexity index is 525. The predicted molar refractivity (Wildman–Crippen MR) is 74.9 cm³/mol. The Morgan fingerprint density at radius 2 is 2.11 bits per heavy atom. The molecule has 0 amide bonds. The molecule has 0 aliphatic rings. The molecule has 3 heteroatoms. The van der Waals surface area contributed by atoms with Crippen LogP contribution in [0.1, 0.15) is 11.3 Å². The normalized spacial score (nSPS) is 10.3. The maximum atomic E-state index is 11.8. The number of hydrogen-bond acceptors (Lipinski definition) is 3. The summed E-state index contributed by atoms with van der Waals surface area (Å²) in [5, 5.41) is 0. The molecular formula is C15H15NOS. The van der Waals surface area contributed by atoms with Gasteiger partial charge in [0.05, 0.1) is 5.75 Å². The molecule has 1 aromatic carbocycles.